The molecule has 1 unspecified atom stereocenters. The molecule has 1 aliphatic carbocycles. The topological polar surface area (TPSA) is 35.6 Å². The van der Waals surface area contributed by atoms with E-state index in [-0.39, 0.29) is 11.8 Å². The van der Waals surface area contributed by atoms with Gasteiger partial charge in [-0.05, 0) is 56.5 Å². The lowest BCUT2D eigenvalue weighted by Gasteiger charge is -2.30. The summed E-state index contributed by atoms with van der Waals surface area (Å²) in [4.78, 5) is 17.2. The summed E-state index contributed by atoms with van der Waals surface area (Å²) in [7, 11) is 4.13. The van der Waals surface area contributed by atoms with Crippen molar-refractivity contribution in [1.82, 2.24) is 10.2 Å². The molecule has 1 atom stereocenters. The largest absolute Gasteiger partial charge is 0.378 e. The van der Waals surface area contributed by atoms with E-state index in [1.165, 1.54) is 43.4 Å². The Labute approximate surface area is 152 Å². The number of carbonyl (C=O) groups excluding carboxylic acids is 1. The number of hydrogen-bond donors (Lipinski definition) is 1. The number of benzene rings is 1. The second-order valence-corrected chi connectivity index (χ2v) is 7.82. The van der Waals surface area contributed by atoms with Gasteiger partial charge < -0.3 is 10.2 Å². The molecule has 0 aromatic heterocycles. The van der Waals surface area contributed by atoms with Gasteiger partial charge in [-0.25, -0.2) is 0 Å². The first-order chi connectivity index (χ1) is 12.1. The molecule has 0 radical (unpaired) electrons. The van der Waals surface area contributed by atoms with Crippen molar-refractivity contribution in [3.8, 4) is 0 Å². The second-order valence-electron chi connectivity index (χ2n) is 7.82. The molecule has 0 bridgehead atoms. The fraction of sp³-hybridized carbons (Fsp3) is 0.667. The molecule has 0 spiro atoms. The SMILES string of the molecule is CN(C)c1ccc(C(CNC(=O)C2CCCCC2)N2CCCC2)cc1. The van der Waals surface area contributed by atoms with Crippen LogP contribution in [0.3, 0.4) is 0 Å². The van der Waals surface area contributed by atoms with Crippen LogP contribution < -0.4 is 10.2 Å². The first-order valence-electron chi connectivity index (χ1n) is 9.94. The lowest BCUT2D eigenvalue weighted by molar-refractivity contribution is -0.126. The first kappa shape index (κ1) is 18.2. The van der Waals surface area contributed by atoms with Crippen molar-refractivity contribution in [2.24, 2.45) is 5.92 Å². The van der Waals surface area contributed by atoms with Crippen LogP contribution in [0.4, 0.5) is 5.69 Å². The summed E-state index contributed by atoms with van der Waals surface area (Å²) in [6.45, 7) is 3.01. The molecule has 25 heavy (non-hydrogen) atoms. The predicted octanol–water partition coefficient (Wildman–Crippen LogP) is 3.59. The third-order valence-electron chi connectivity index (χ3n) is 5.82. The maximum absolute atomic E-state index is 12.6. The second kappa shape index (κ2) is 8.70. The number of likely N-dealkylation sites (tertiary alicyclic amines) is 1. The van der Waals surface area contributed by atoms with Crippen molar-refractivity contribution in [3.05, 3.63) is 29.8 Å². The van der Waals surface area contributed by atoms with Crippen LogP contribution in [0.5, 0.6) is 0 Å². The lowest BCUT2D eigenvalue weighted by Crippen LogP contribution is -2.39. The molecule has 1 saturated carbocycles. The molecule has 1 aromatic carbocycles. The molecule has 1 N–H and O–H groups in total. The number of nitrogens with one attached hydrogen (secondary N) is 1. The molecular weight excluding hydrogens is 310 g/mol. The number of amides is 1. The Morgan fingerprint density at radius 1 is 1.08 bits per heavy atom. The average Bonchev–Trinajstić information content (AvgIpc) is 3.17. The summed E-state index contributed by atoms with van der Waals surface area (Å²) < 4.78 is 0. The molecule has 1 heterocycles. The highest BCUT2D eigenvalue weighted by molar-refractivity contribution is 5.78. The van der Waals surface area contributed by atoms with E-state index in [2.05, 4.69) is 53.5 Å². The predicted molar refractivity (Wildman–Crippen MR) is 104 cm³/mol. The molecule has 4 nitrogen and oxygen atoms in total. The van der Waals surface area contributed by atoms with Crippen molar-refractivity contribution < 1.29 is 4.79 Å². The number of rotatable bonds is 6. The summed E-state index contributed by atoms with van der Waals surface area (Å²) in [6, 6.07) is 9.12. The van der Waals surface area contributed by atoms with Crippen LogP contribution in [0.2, 0.25) is 0 Å². The van der Waals surface area contributed by atoms with Gasteiger partial charge in [0.2, 0.25) is 5.91 Å². The minimum absolute atomic E-state index is 0.240. The van der Waals surface area contributed by atoms with Crippen LogP contribution >= 0.6 is 0 Å². The zero-order valence-corrected chi connectivity index (χ0v) is 15.8. The molecule has 2 fully saturated rings. The van der Waals surface area contributed by atoms with Gasteiger partial charge in [-0.15, -0.1) is 0 Å². The Morgan fingerprint density at radius 3 is 2.32 bits per heavy atom. The van der Waals surface area contributed by atoms with Gasteiger partial charge in [-0.1, -0.05) is 31.4 Å². The molecule has 1 saturated heterocycles. The monoisotopic (exact) mass is 343 g/mol. The van der Waals surface area contributed by atoms with E-state index in [0.717, 1.165) is 32.5 Å². The molecule has 3 rings (SSSR count). The Balaban J connectivity index is 1.65. The van der Waals surface area contributed by atoms with E-state index in [1.807, 2.05) is 0 Å². The normalized spacial score (nSPS) is 20.4. The summed E-state index contributed by atoms with van der Waals surface area (Å²) in [5.74, 6) is 0.512. The lowest BCUT2D eigenvalue weighted by atomic mass is 9.88. The van der Waals surface area contributed by atoms with Crippen molar-refractivity contribution >= 4 is 11.6 Å². The molecule has 138 valence electrons. The first-order valence-corrected chi connectivity index (χ1v) is 9.94. The molecule has 1 amide bonds. The number of carbonyl (C=O) groups is 1. The molecule has 1 aliphatic heterocycles. The minimum atomic E-state index is 0.240. The zero-order chi connectivity index (χ0) is 17.6. The summed E-state index contributed by atoms with van der Waals surface area (Å²) >= 11 is 0. The van der Waals surface area contributed by atoms with Crippen LogP contribution in [-0.4, -0.2) is 44.5 Å². The van der Waals surface area contributed by atoms with E-state index in [4.69, 9.17) is 0 Å². The van der Waals surface area contributed by atoms with Gasteiger partial charge in [-0.2, -0.15) is 0 Å². The number of hydrogen-bond acceptors (Lipinski definition) is 3. The van der Waals surface area contributed by atoms with Crippen LogP contribution in [0.15, 0.2) is 24.3 Å². The third-order valence-corrected chi connectivity index (χ3v) is 5.82. The maximum Gasteiger partial charge on any atom is 0.223 e. The quantitative estimate of drug-likeness (QED) is 0.857. The van der Waals surface area contributed by atoms with Crippen molar-refractivity contribution in [2.75, 3.05) is 38.6 Å². The van der Waals surface area contributed by atoms with Crippen molar-refractivity contribution in [1.29, 1.82) is 0 Å². The minimum Gasteiger partial charge on any atom is -0.378 e. The molecule has 4 heteroatoms. The van der Waals surface area contributed by atoms with Gasteiger partial charge in [0, 0.05) is 32.2 Å². The molecule has 2 aliphatic rings. The maximum atomic E-state index is 12.6. The Kier molecular flexibility index (Phi) is 6.35. The van der Waals surface area contributed by atoms with Crippen molar-refractivity contribution in [3.63, 3.8) is 0 Å². The van der Waals surface area contributed by atoms with Crippen LogP contribution in [0.25, 0.3) is 0 Å². The van der Waals surface area contributed by atoms with Crippen molar-refractivity contribution in [2.45, 2.75) is 51.0 Å². The number of nitrogens with zero attached hydrogens (tertiary/aromatic N) is 2. The highest BCUT2D eigenvalue weighted by Gasteiger charge is 2.26. The standard InChI is InChI=1S/C21H33N3O/c1-23(2)19-12-10-17(11-13-19)20(24-14-6-7-15-24)16-22-21(25)18-8-4-3-5-9-18/h10-13,18,20H,3-9,14-16H2,1-2H3,(H,22,25). The smallest absolute Gasteiger partial charge is 0.223 e. The van der Waals surface area contributed by atoms with E-state index in [1.54, 1.807) is 0 Å². The van der Waals surface area contributed by atoms with E-state index >= 15 is 0 Å². The van der Waals surface area contributed by atoms with Gasteiger partial charge in [0.05, 0.1) is 6.04 Å². The van der Waals surface area contributed by atoms with E-state index in [0.29, 0.717) is 6.04 Å². The van der Waals surface area contributed by atoms with Gasteiger partial charge in [0.25, 0.3) is 0 Å². The highest BCUT2D eigenvalue weighted by Crippen LogP contribution is 2.27. The number of anilines is 1. The third kappa shape index (κ3) is 4.75. The fourth-order valence-corrected chi connectivity index (χ4v) is 4.21. The van der Waals surface area contributed by atoms with E-state index < -0.39 is 0 Å². The molecule has 1 aromatic rings. The fourth-order valence-electron chi connectivity index (χ4n) is 4.21. The van der Waals surface area contributed by atoms with Gasteiger partial charge in [0.1, 0.15) is 0 Å². The average molecular weight is 344 g/mol. The van der Waals surface area contributed by atoms with Crippen LogP contribution in [0, 0.1) is 5.92 Å². The van der Waals surface area contributed by atoms with E-state index in [9.17, 15) is 4.79 Å². The van der Waals surface area contributed by atoms with Crippen LogP contribution in [0.1, 0.15) is 56.6 Å². The summed E-state index contributed by atoms with van der Waals surface area (Å²) in [6.07, 6.45) is 8.37. The zero-order valence-electron chi connectivity index (χ0n) is 15.8. The van der Waals surface area contributed by atoms with Crippen LogP contribution in [-0.2, 0) is 4.79 Å². The van der Waals surface area contributed by atoms with Gasteiger partial charge in [0.15, 0.2) is 0 Å². The van der Waals surface area contributed by atoms with Gasteiger partial charge in [-0.3, -0.25) is 9.69 Å². The summed E-state index contributed by atoms with van der Waals surface area (Å²) in [5.41, 5.74) is 2.53. The summed E-state index contributed by atoms with van der Waals surface area (Å²) in [5, 5.41) is 3.27. The Morgan fingerprint density at radius 2 is 1.72 bits per heavy atom. The Hall–Kier alpha value is -1.55. The highest BCUT2D eigenvalue weighted by atomic mass is 16.1. The Bertz CT molecular complexity index is 543. The molecular formula is C21H33N3O. The van der Waals surface area contributed by atoms with Gasteiger partial charge >= 0.3 is 0 Å².